The Morgan fingerprint density at radius 3 is 2.75 bits per heavy atom. The van der Waals surface area contributed by atoms with E-state index in [-0.39, 0.29) is 18.4 Å². The van der Waals surface area contributed by atoms with E-state index < -0.39 is 5.97 Å². The van der Waals surface area contributed by atoms with Gasteiger partial charge in [-0.05, 0) is 44.2 Å². The predicted octanol–water partition coefficient (Wildman–Crippen LogP) is 3.22. The molecule has 0 bridgehead atoms. The van der Waals surface area contributed by atoms with Crippen LogP contribution in [-0.2, 0) is 14.3 Å². The highest BCUT2D eigenvalue weighted by atomic mass is 16.5. The quantitative estimate of drug-likeness (QED) is 0.677. The zero-order valence-corrected chi connectivity index (χ0v) is 13.8. The number of carbonyl (C=O) groups excluding carboxylic acids is 1. The first-order chi connectivity index (χ1) is 11.6. The topological polar surface area (TPSA) is 84.9 Å². The molecule has 0 aromatic heterocycles. The third-order valence-electron chi connectivity index (χ3n) is 3.90. The van der Waals surface area contributed by atoms with Gasteiger partial charge in [0.05, 0.1) is 11.8 Å². The zero-order valence-electron chi connectivity index (χ0n) is 13.8. The molecule has 1 aliphatic rings. The molecular weight excluding hydrogens is 310 g/mol. The van der Waals surface area contributed by atoms with Gasteiger partial charge in [0.25, 0.3) is 0 Å². The Balaban J connectivity index is 1.79. The van der Waals surface area contributed by atoms with Crippen LogP contribution in [0.5, 0.6) is 5.75 Å². The molecule has 1 heterocycles. The molecule has 1 aromatic carbocycles. The number of carbonyl (C=O) groups is 2. The maximum Gasteiger partial charge on any atom is 0.303 e. The number of rotatable bonds is 9. The van der Waals surface area contributed by atoms with E-state index >= 15 is 0 Å². The van der Waals surface area contributed by atoms with Gasteiger partial charge in [0.1, 0.15) is 12.4 Å². The third-order valence-corrected chi connectivity index (χ3v) is 3.90. The van der Waals surface area contributed by atoms with Gasteiger partial charge < -0.3 is 19.9 Å². The SMILES string of the molecule is O=C(O)CCCCC(=O)Nc1ccccc1OCC1CCCCO1. The molecule has 0 saturated carbocycles. The van der Waals surface area contributed by atoms with Gasteiger partial charge in [-0.2, -0.15) is 0 Å². The molecular formula is C18H25NO5. The number of hydrogen-bond donors (Lipinski definition) is 2. The first-order valence-corrected chi connectivity index (χ1v) is 8.50. The fraction of sp³-hybridized carbons (Fsp3) is 0.556. The molecule has 132 valence electrons. The van der Waals surface area contributed by atoms with Crippen LogP contribution in [0, 0.1) is 0 Å². The third kappa shape index (κ3) is 6.58. The smallest absolute Gasteiger partial charge is 0.303 e. The normalized spacial score (nSPS) is 17.2. The Morgan fingerprint density at radius 1 is 1.21 bits per heavy atom. The van der Waals surface area contributed by atoms with Crippen molar-refractivity contribution >= 4 is 17.6 Å². The van der Waals surface area contributed by atoms with Crippen molar-refractivity contribution in [1.29, 1.82) is 0 Å². The summed E-state index contributed by atoms with van der Waals surface area (Å²) in [5.41, 5.74) is 0.636. The fourth-order valence-electron chi connectivity index (χ4n) is 2.59. The molecule has 0 radical (unpaired) electrons. The first-order valence-electron chi connectivity index (χ1n) is 8.50. The van der Waals surface area contributed by atoms with E-state index in [0.29, 0.717) is 37.3 Å². The van der Waals surface area contributed by atoms with E-state index in [9.17, 15) is 9.59 Å². The van der Waals surface area contributed by atoms with Crippen molar-refractivity contribution in [3.63, 3.8) is 0 Å². The number of hydrogen-bond acceptors (Lipinski definition) is 4. The molecule has 6 heteroatoms. The van der Waals surface area contributed by atoms with Crippen molar-refractivity contribution in [3.05, 3.63) is 24.3 Å². The Labute approximate surface area is 142 Å². The molecule has 2 N–H and O–H groups in total. The van der Waals surface area contributed by atoms with E-state index in [1.807, 2.05) is 18.2 Å². The highest BCUT2D eigenvalue weighted by Gasteiger charge is 2.15. The Morgan fingerprint density at radius 2 is 2.00 bits per heavy atom. The van der Waals surface area contributed by atoms with Crippen LogP contribution in [0.25, 0.3) is 0 Å². The highest BCUT2D eigenvalue weighted by Crippen LogP contribution is 2.25. The maximum absolute atomic E-state index is 12.0. The van der Waals surface area contributed by atoms with Crippen molar-refractivity contribution in [2.24, 2.45) is 0 Å². The van der Waals surface area contributed by atoms with Crippen LogP contribution in [0.2, 0.25) is 0 Å². The molecule has 2 rings (SSSR count). The summed E-state index contributed by atoms with van der Waals surface area (Å²) in [6.07, 6.45) is 4.81. The molecule has 24 heavy (non-hydrogen) atoms. The van der Waals surface area contributed by atoms with Gasteiger partial charge in [0.15, 0.2) is 0 Å². The molecule has 1 aromatic rings. The van der Waals surface area contributed by atoms with Crippen molar-refractivity contribution in [1.82, 2.24) is 0 Å². The monoisotopic (exact) mass is 335 g/mol. The number of anilines is 1. The lowest BCUT2D eigenvalue weighted by atomic mass is 10.1. The Bertz CT molecular complexity index is 540. The van der Waals surface area contributed by atoms with Crippen molar-refractivity contribution in [2.75, 3.05) is 18.5 Å². The van der Waals surface area contributed by atoms with E-state index in [4.69, 9.17) is 14.6 Å². The summed E-state index contributed by atoms with van der Waals surface area (Å²) in [5, 5.41) is 11.4. The Hall–Kier alpha value is -2.08. The summed E-state index contributed by atoms with van der Waals surface area (Å²) < 4.78 is 11.5. The van der Waals surface area contributed by atoms with Crippen LogP contribution in [-0.4, -0.2) is 36.3 Å². The number of unbranched alkanes of at least 4 members (excludes halogenated alkanes) is 1. The van der Waals surface area contributed by atoms with Gasteiger partial charge in [-0.3, -0.25) is 9.59 Å². The number of nitrogens with one attached hydrogen (secondary N) is 1. The van der Waals surface area contributed by atoms with E-state index in [0.717, 1.165) is 25.9 Å². The largest absolute Gasteiger partial charge is 0.489 e. The molecule has 1 amide bonds. The van der Waals surface area contributed by atoms with Gasteiger partial charge >= 0.3 is 5.97 Å². The number of amides is 1. The molecule has 0 aliphatic carbocycles. The van der Waals surface area contributed by atoms with Crippen molar-refractivity contribution in [3.8, 4) is 5.75 Å². The van der Waals surface area contributed by atoms with Gasteiger partial charge in [-0.15, -0.1) is 0 Å². The molecule has 6 nitrogen and oxygen atoms in total. The maximum atomic E-state index is 12.0. The second kappa shape index (κ2) is 9.93. The predicted molar refractivity (Wildman–Crippen MR) is 90.3 cm³/mol. The molecule has 1 unspecified atom stereocenters. The van der Waals surface area contributed by atoms with E-state index in [2.05, 4.69) is 5.32 Å². The molecule has 1 fully saturated rings. The fourth-order valence-corrected chi connectivity index (χ4v) is 2.59. The highest BCUT2D eigenvalue weighted by molar-refractivity contribution is 5.92. The molecule has 1 atom stereocenters. The van der Waals surface area contributed by atoms with E-state index in [1.165, 1.54) is 0 Å². The average Bonchev–Trinajstić information content (AvgIpc) is 2.59. The summed E-state index contributed by atoms with van der Waals surface area (Å²) in [6, 6.07) is 7.32. The second-order valence-corrected chi connectivity index (χ2v) is 5.94. The zero-order chi connectivity index (χ0) is 17.2. The molecule has 1 aliphatic heterocycles. The number of carboxylic acid groups (broad SMARTS) is 1. The van der Waals surface area contributed by atoms with Crippen LogP contribution in [0.4, 0.5) is 5.69 Å². The lowest BCUT2D eigenvalue weighted by molar-refractivity contribution is -0.137. The summed E-state index contributed by atoms with van der Waals surface area (Å²) >= 11 is 0. The summed E-state index contributed by atoms with van der Waals surface area (Å²) in [7, 11) is 0. The van der Waals surface area contributed by atoms with Gasteiger partial charge in [-0.1, -0.05) is 12.1 Å². The van der Waals surface area contributed by atoms with Gasteiger partial charge in [-0.25, -0.2) is 0 Å². The molecule has 1 saturated heterocycles. The van der Waals surface area contributed by atoms with Gasteiger partial charge in [0.2, 0.25) is 5.91 Å². The Kier molecular flexibility index (Phi) is 7.55. The number of ether oxygens (including phenoxy) is 2. The minimum absolute atomic E-state index is 0.0916. The van der Waals surface area contributed by atoms with Crippen LogP contribution < -0.4 is 10.1 Å². The average molecular weight is 335 g/mol. The van der Waals surface area contributed by atoms with Crippen LogP contribution >= 0.6 is 0 Å². The first kappa shape index (κ1) is 18.3. The number of aliphatic carboxylic acids is 1. The number of carboxylic acids is 1. The molecule has 0 spiro atoms. The summed E-state index contributed by atoms with van der Waals surface area (Å²) in [5.74, 6) is -0.338. The number of para-hydroxylation sites is 2. The standard InChI is InChI=1S/C18H25NO5/c20-17(10-3-4-11-18(21)22)19-15-8-1-2-9-16(15)24-13-14-7-5-6-12-23-14/h1-2,8-9,14H,3-7,10-13H2,(H,19,20)(H,21,22). The van der Waals surface area contributed by atoms with Crippen LogP contribution in [0.1, 0.15) is 44.9 Å². The number of benzene rings is 1. The lowest BCUT2D eigenvalue weighted by Gasteiger charge is -2.23. The summed E-state index contributed by atoms with van der Waals surface area (Å²) in [4.78, 5) is 22.4. The minimum Gasteiger partial charge on any atom is -0.489 e. The van der Waals surface area contributed by atoms with Crippen molar-refractivity contribution < 1.29 is 24.2 Å². The minimum atomic E-state index is -0.834. The lowest BCUT2D eigenvalue weighted by Crippen LogP contribution is -2.26. The van der Waals surface area contributed by atoms with Crippen molar-refractivity contribution in [2.45, 2.75) is 51.0 Å². The van der Waals surface area contributed by atoms with Crippen LogP contribution in [0.3, 0.4) is 0 Å². The summed E-state index contributed by atoms with van der Waals surface area (Å²) in [6.45, 7) is 1.26. The van der Waals surface area contributed by atoms with Gasteiger partial charge in [0, 0.05) is 19.4 Å². The second-order valence-electron chi connectivity index (χ2n) is 5.94. The van der Waals surface area contributed by atoms with E-state index in [1.54, 1.807) is 6.07 Å². The van der Waals surface area contributed by atoms with Crippen LogP contribution in [0.15, 0.2) is 24.3 Å².